The van der Waals surface area contributed by atoms with Crippen LogP contribution in [0.25, 0.3) is 0 Å². The Morgan fingerprint density at radius 1 is 1.07 bits per heavy atom. The molecule has 5 nitrogen and oxygen atoms in total. The van der Waals surface area contributed by atoms with Crippen LogP contribution >= 0.6 is 0 Å². The average molecular weight is 379 g/mol. The highest BCUT2D eigenvalue weighted by Gasteiger charge is 2.49. The van der Waals surface area contributed by atoms with Crippen LogP contribution < -0.4 is 4.74 Å². The summed E-state index contributed by atoms with van der Waals surface area (Å²) in [5, 5.41) is 9.91. The van der Waals surface area contributed by atoms with Crippen LogP contribution in [0.2, 0.25) is 0 Å². The number of carboxylic acids is 1. The van der Waals surface area contributed by atoms with Gasteiger partial charge in [0.2, 0.25) is 5.91 Å². The first-order valence-corrected chi connectivity index (χ1v) is 9.77. The third-order valence-electron chi connectivity index (χ3n) is 6.29. The highest BCUT2D eigenvalue weighted by atomic mass is 16.5. The van der Waals surface area contributed by atoms with E-state index in [0.717, 1.165) is 23.3 Å². The van der Waals surface area contributed by atoms with E-state index in [1.807, 2.05) is 59.5 Å². The van der Waals surface area contributed by atoms with E-state index in [0.29, 0.717) is 25.9 Å². The Hall–Kier alpha value is -2.82. The number of benzene rings is 2. The normalized spacial score (nSPS) is 23.1. The Balaban J connectivity index is 1.42. The van der Waals surface area contributed by atoms with E-state index in [-0.39, 0.29) is 17.7 Å². The number of likely N-dealkylation sites (tertiary alicyclic amines) is 1. The van der Waals surface area contributed by atoms with Crippen LogP contribution in [0, 0.1) is 5.92 Å². The molecule has 146 valence electrons. The maximum absolute atomic E-state index is 13.0. The molecule has 1 heterocycles. The number of aliphatic carboxylic acids is 1. The molecule has 0 radical (unpaired) electrons. The third kappa shape index (κ3) is 3.26. The lowest BCUT2D eigenvalue weighted by atomic mass is 9.73. The number of carbonyl (C=O) groups excluding carboxylic acids is 1. The largest absolute Gasteiger partial charge is 0.497 e. The lowest BCUT2D eigenvalue weighted by molar-refractivity contribution is -0.148. The van der Waals surface area contributed by atoms with Gasteiger partial charge in [0.25, 0.3) is 0 Å². The number of hydrogen-bond acceptors (Lipinski definition) is 3. The van der Waals surface area contributed by atoms with Gasteiger partial charge in [-0.25, -0.2) is 0 Å². The Kier molecular flexibility index (Phi) is 4.84. The summed E-state index contributed by atoms with van der Waals surface area (Å²) in [6.07, 6.45) is 1.76. The lowest BCUT2D eigenvalue weighted by Gasteiger charge is -2.39. The maximum atomic E-state index is 13.0. The summed E-state index contributed by atoms with van der Waals surface area (Å²) in [6, 6.07) is 17.3. The molecule has 2 fully saturated rings. The van der Waals surface area contributed by atoms with E-state index < -0.39 is 11.4 Å². The van der Waals surface area contributed by atoms with Gasteiger partial charge >= 0.3 is 5.97 Å². The molecule has 2 atom stereocenters. The standard InChI is InChI=1S/C23H25NO4/c1-28-18-9-5-6-16(14-18)19-15-20(19)21(25)24-12-10-23(11-13-24,22(26)27)17-7-3-2-4-8-17/h2-9,14,19-20H,10-13,15H2,1H3,(H,26,27)/t19-,20+/m0/s1. The van der Waals surface area contributed by atoms with Crippen LogP contribution in [0.5, 0.6) is 5.75 Å². The fraction of sp³-hybridized carbons (Fsp3) is 0.391. The van der Waals surface area contributed by atoms with Crippen LogP contribution in [-0.4, -0.2) is 42.1 Å². The first-order valence-electron chi connectivity index (χ1n) is 9.77. The SMILES string of the molecule is COc1cccc([C@@H]2C[C@H]2C(=O)N2CCC(C(=O)O)(c3ccccc3)CC2)c1. The zero-order chi connectivity index (χ0) is 19.7. The van der Waals surface area contributed by atoms with Crippen molar-refractivity contribution >= 4 is 11.9 Å². The zero-order valence-electron chi connectivity index (χ0n) is 16.0. The van der Waals surface area contributed by atoms with Crippen molar-refractivity contribution < 1.29 is 19.4 Å². The number of nitrogens with zero attached hydrogens (tertiary/aromatic N) is 1. The second-order valence-electron chi connectivity index (χ2n) is 7.80. The first-order chi connectivity index (χ1) is 13.5. The van der Waals surface area contributed by atoms with E-state index in [2.05, 4.69) is 0 Å². The number of rotatable bonds is 5. The minimum Gasteiger partial charge on any atom is -0.497 e. The molecule has 1 saturated carbocycles. The van der Waals surface area contributed by atoms with Gasteiger partial charge in [-0.15, -0.1) is 0 Å². The van der Waals surface area contributed by atoms with Gasteiger partial charge in [0, 0.05) is 19.0 Å². The number of ether oxygens (including phenoxy) is 1. The van der Waals surface area contributed by atoms with Gasteiger partial charge in [-0.1, -0.05) is 42.5 Å². The fourth-order valence-electron chi connectivity index (χ4n) is 4.44. The van der Waals surface area contributed by atoms with E-state index in [4.69, 9.17) is 4.74 Å². The summed E-state index contributed by atoms with van der Waals surface area (Å²) in [5.74, 6) is 0.401. The molecule has 0 spiro atoms. The van der Waals surface area contributed by atoms with Crippen molar-refractivity contribution in [3.63, 3.8) is 0 Å². The minimum absolute atomic E-state index is 0.00107. The quantitative estimate of drug-likeness (QED) is 0.864. The second-order valence-corrected chi connectivity index (χ2v) is 7.80. The number of hydrogen-bond donors (Lipinski definition) is 1. The summed E-state index contributed by atoms with van der Waals surface area (Å²) >= 11 is 0. The number of amides is 1. The van der Waals surface area contributed by atoms with E-state index in [9.17, 15) is 14.7 Å². The molecule has 0 unspecified atom stereocenters. The molecule has 2 aromatic carbocycles. The summed E-state index contributed by atoms with van der Waals surface area (Å²) in [4.78, 5) is 26.9. The van der Waals surface area contributed by atoms with Crippen molar-refractivity contribution in [2.45, 2.75) is 30.6 Å². The highest BCUT2D eigenvalue weighted by molar-refractivity contribution is 5.85. The Labute approximate surface area is 164 Å². The van der Waals surface area contributed by atoms with Crippen LogP contribution in [0.15, 0.2) is 54.6 Å². The van der Waals surface area contributed by atoms with Gasteiger partial charge in [-0.2, -0.15) is 0 Å². The first kappa shape index (κ1) is 18.5. The highest BCUT2D eigenvalue weighted by Crippen LogP contribution is 2.49. The van der Waals surface area contributed by atoms with Gasteiger partial charge < -0.3 is 14.7 Å². The van der Waals surface area contributed by atoms with Crippen LogP contribution in [0.1, 0.15) is 36.3 Å². The van der Waals surface area contributed by atoms with Gasteiger partial charge in [0.15, 0.2) is 0 Å². The summed E-state index contributed by atoms with van der Waals surface area (Å²) in [5.41, 5.74) is 1.07. The van der Waals surface area contributed by atoms with Crippen molar-refractivity contribution in [1.82, 2.24) is 4.90 Å². The molecule has 2 aliphatic rings. The molecule has 4 rings (SSSR count). The van der Waals surface area contributed by atoms with Gasteiger partial charge in [0.1, 0.15) is 5.75 Å². The number of carbonyl (C=O) groups is 2. The number of methoxy groups -OCH3 is 1. The molecule has 1 saturated heterocycles. The summed E-state index contributed by atoms with van der Waals surface area (Å²) in [7, 11) is 1.64. The summed E-state index contributed by atoms with van der Waals surface area (Å²) < 4.78 is 5.28. The Morgan fingerprint density at radius 2 is 1.79 bits per heavy atom. The Bertz CT molecular complexity index is 871. The van der Waals surface area contributed by atoms with Crippen molar-refractivity contribution in [3.05, 3.63) is 65.7 Å². The Morgan fingerprint density at radius 3 is 2.43 bits per heavy atom. The molecule has 2 aromatic rings. The van der Waals surface area contributed by atoms with Crippen LogP contribution in [0.4, 0.5) is 0 Å². The molecule has 1 aliphatic heterocycles. The molecule has 1 aliphatic carbocycles. The van der Waals surface area contributed by atoms with Crippen molar-refractivity contribution in [2.75, 3.05) is 20.2 Å². The van der Waals surface area contributed by atoms with Crippen molar-refractivity contribution in [3.8, 4) is 5.75 Å². The molecule has 1 amide bonds. The molecule has 1 N–H and O–H groups in total. The van der Waals surface area contributed by atoms with Gasteiger partial charge in [-0.3, -0.25) is 9.59 Å². The number of piperidine rings is 1. The minimum atomic E-state index is -0.895. The van der Waals surface area contributed by atoms with Gasteiger partial charge in [-0.05, 0) is 48.4 Å². The van der Waals surface area contributed by atoms with E-state index >= 15 is 0 Å². The van der Waals surface area contributed by atoms with Crippen LogP contribution in [-0.2, 0) is 15.0 Å². The topological polar surface area (TPSA) is 66.8 Å². The lowest BCUT2D eigenvalue weighted by Crippen LogP contribution is -2.49. The second kappa shape index (κ2) is 7.30. The molecular formula is C23H25NO4. The predicted octanol–water partition coefficient (Wildman–Crippen LogP) is 3.44. The van der Waals surface area contributed by atoms with E-state index in [1.54, 1.807) is 7.11 Å². The van der Waals surface area contributed by atoms with Gasteiger partial charge in [0.05, 0.1) is 12.5 Å². The average Bonchev–Trinajstić information content (AvgIpc) is 3.55. The third-order valence-corrected chi connectivity index (χ3v) is 6.29. The smallest absolute Gasteiger partial charge is 0.314 e. The monoisotopic (exact) mass is 379 g/mol. The fourth-order valence-corrected chi connectivity index (χ4v) is 4.44. The molecule has 0 bridgehead atoms. The molecule has 28 heavy (non-hydrogen) atoms. The molecule has 0 aromatic heterocycles. The summed E-state index contributed by atoms with van der Waals surface area (Å²) in [6.45, 7) is 0.975. The van der Waals surface area contributed by atoms with Crippen molar-refractivity contribution in [1.29, 1.82) is 0 Å². The van der Waals surface area contributed by atoms with Crippen LogP contribution in [0.3, 0.4) is 0 Å². The molecular weight excluding hydrogens is 354 g/mol. The number of carboxylic acid groups (broad SMARTS) is 1. The maximum Gasteiger partial charge on any atom is 0.314 e. The predicted molar refractivity (Wildman–Crippen MR) is 105 cm³/mol. The zero-order valence-corrected chi connectivity index (χ0v) is 16.0. The van der Waals surface area contributed by atoms with Crippen molar-refractivity contribution in [2.24, 2.45) is 5.92 Å². The molecule has 5 heteroatoms. The van der Waals surface area contributed by atoms with E-state index in [1.165, 1.54) is 0 Å².